The maximum Gasteiger partial charge on any atom is 0.150 e. The van der Waals surface area contributed by atoms with Gasteiger partial charge in [-0.1, -0.05) is 13.8 Å². The first-order valence-electron chi connectivity index (χ1n) is 6.38. The molecule has 0 saturated carbocycles. The zero-order valence-corrected chi connectivity index (χ0v) is 11.4. The van der Waals surface area contributed by atoms with Crippen LogP contribution >= 0.6 is 0 Å². The lowest BCUT2D eigenvalue weighted by Crippen LogP contribution is -2.24. The molecule has 18 heavy (non-hydrogen) atoms. The minimum Gasteiger partial charge on any atom is -0.389 e. The van der Waals surface area contributed by atoms with Crippen LogP contribution in [-0.4, -0.2) is 52.9 Å². The largest absolute Gasteiger partial charge is 0.389 e. The second-order valence-corrected chi connectivity index (χ2v) is 4.06. The van der Waals surface area contributed by atoms with Gasteiger partial charge in [0.1, 0.15) is 5.82 Å². The van der Waals surface area contributed by atoms with Crippen molar-refractivity contribution in [2.45, 2.75) is 39.3 Å². The van der Waals surface area contributed by atoms with Crippen molar-refractivity contribution in [2.75, 3.05) is 26.9 Å². The molecule has 1 aromatic heterocycles. The predicted molar refractivity (Wildman–Crippen MR) is 67.5 cm³/mol. The summed E-state index contributed by atoms with van der Waals surface area (Å²) < 4.78 is 11.9. The number of aryl methyl sites for hydroxylation is 2. The number of aliphatic hydroxyl groups excluding tert-OH is 1. The van der Waals surface area contributed by atoms with Crippen molar-refractivity contribution in [2.24, 2.45) is 0 Å². The molecule has 1 N–H and O–H groups in total. The van der Waals surface area contributed by atoms with Crippen LogP contribution in [0.3, 0.4) is 0 Å². The van der Waals surface area contributed by atoms with Crippen molar-refractivity contribution >= 4 is 0 Å². The van der Waals surface area contributed by atoms with Crippen LogP contribution in [0, 0.1) is 0 Å². The summed E-state index contributed by atoms with van der Waals surface area (Å²) in [5, 5.41) is 14.2. The third-order valence-electron chi connectivity index (χ3n) is 2.55. The van der Waals surface area contributed by atoms with E-state index in [4.69, 9.17) is 9.47 Å². The van der Waals surface area contributed by atoms with Crippen LogP contribution in [0.4, 0.5) is 0 Å². The fourth-order valence-corrected chi connectivity index (χ4v) is 1.60. The van der Waals surface area contributed by atoms with Crippen molar-refractivity contribution in [1.29, 1.82) is 0 Å². The van der Waals surface area contributed by atoms with Crippen LogP contribution in [0.2, 0.25) is 0 Å². The van der Waals surface area contributed by atoms with Gasteiger partial charge >= 0.3 is 0 Å². The van der Waals surface area contributed by atoms with Gasteiger partial charge in [-0.15, -0.1) is 0 Å². The van der Waals surface area contributed by atoms with Crippen LogP contribution in [-0.2, 0) is 28.9 Å². The van der Waals surface area contributed by atoms with Gasteiger partial charge in [0.15, 0.2) is 5.82 Å². The highest BCUT2D eigenvalue weighted by molar-refractivity contribution is 4.93. The number of hydrogen-bond donors (Lipinski definition) is 1. The molecule has 0 bridgehead atoms. The monoisotopic (exact) mass is 257 g/mol. The lowest BCUT2D eigenvalue weighted by atomic mass is 10.3. The topological polar surface area (TPSA) is 69.4 Å². The Bertz CT molecular complexity index is 341. The average molecular weight is 257 g/mol. The van der Waals surface area contributed by atoms with E-state index >= 15 is 0 Å². The second kappa shape index (κ2) is 8.18. The molecular formula is C12H23N3O3. The van der Waals surface area contributed by atoms with E-state index in [1.165, 1.54) is 0 Å². The molecule has 1 atom stereocenters. The van der Waals surface area contributed by atoms with Crippen molar-refractivity contribution in [3.8, 4) is 0 Å². The van der Waals surface area contributed by atoms with Gasteiger partial charge < -0.3 is 14.6 Å². The number of rotatable bonds is 9. The number of ether oxygens (including phenoxy) is 2. The molecule has 0 aliphatic carbocycles. The maximum absolute atomic E-state index is 9.85. The number of methoxy groups -OCH3 is 1. The number of aliphatic hydroxyl groups is 1. The lowest BCUT2D eigenvalue weighted by Gasteiger charge is -2.12. The number of aromatic nitrogens is 3. The summed E-state index contributed by atoms with van der Waals surface area (Å²) in [6.07, 6.45) is 1.04. The smallest absolute Gasteiger partial charge is 0.150 e. The molecular weight excluding hydrogens is 234 g/mol. The number of nitrogens with zero attached hydrogens (tertiary/aromatic N) is 3. The van der Waals surface area contributed by atoms with Gasteiger partial charge in [-0.25, -0.2) is 9.67 Å². The Morgan fingerprint density at radius 3 is 2.67 bits per heavy atom. The Morgan fingerprint density at radius 1 is 1.28 bits per heavy atom. The summed E-state index contributed by atoms with van der Waals surface area (Å²) in [4.78, 5) is 4.39. The molecule has 0 radical (unpaired) electrons. The summed E-state index contributed by atoms with van der Waals surface area (Å²) in [7, 11) is 1.62. The molecule has 6 heteroatoms. The van der Waals surface area contributed by atoms with Gasteiger partial charge in [0.25, 0.3) is 0 Å². The van der Waals surface area contributed by atoms with Gasteiger partial charge in [0.05, 0.1) is 32.5 Å². The fraction of sp³-hybridized carbons (Fsp3) is 0.833. The molecule has 0 aliphatic rings. The van der Waals surface area contributed by atoms with E-state index in [2.05, 4.69) is 10.1 Å². The minimum absolute atomic E-state index is 0.286. The lowest BCUT2D eigenvalue weighted by molar-refractivity contribution is 0.00561. The summed E-state index contributed by atoms with van der Waals surface area (Å²) in [5.41, 5.74) is 0. The van der Waals surface area contributed by atoms with E-state index in [9.17, 15) is 5.11 Å². The van der Waals surface area contributed by atoms with Crippen LogP contribution in [0.1, 0.15) is 25.5 Å². The van der Waals surface area contributed by atoms with Crippen LogP contribution in [0.25, 0.3) is 0 Å². The zero-order valence-electron chi connectivity index (χ0n) is 11.4. The summed E-state index contributed by atoms with van der Waals surface area (Å²) in [5.74, 6) is 1.72. The highest BCUT2D eigenvalue weighted by Crippen LogP contribution is 2.02. The SMILES string of the molecule is CCc1nc(CC)n(CC(O)COCCOC)n1. The molecule has 6 nitrogen and oxygen atoms in total. The van der Waals surface area contributed by atoms with Crippen LogP contribution < -0.4 is 0 Å². The van der Waals surface area contributed by atoms with Crippen LogP contribution in [0.15, 0.2) is 0 Å². The highest BCUT2D eigenvalue weighted by atomic mass is 16.5. The first-order chi connectivity index (χ1) is 8.71. The van der Waals surface area contributed by atoms with Crippen molar-refractivity contribution in [1.82, 2.24) is 14.8 Å². The molecule has 0 spiro atoms. The fourth-order valence-electron chi connectivity index (χ4n) is 1.60. The van der Waals surface area contributed by atoms with E-state index in [0.29, 0.717) is 19.8 Å². The summed E-state index contributed by atoms with van der Waals surface area (Å²) in [6, 6.07) is 0. The third-order valence-corrected chi connectivity index (χ3v) is 2.55. The van der Waals surface area contributed by atoms with Gasteiger partial charge in [0.2, 0.25) is 0 Å². The second-order valence-electron chi connectivity index (χ2n) is 4.06. The van der Waals surface area contributed by atoms with Crippen molar-refractivity contribution in [3.05, 3.63) is 11.6 Å². The minimum atomic E-state index is -0.571. The van der Waals surface area contributed by atoms with Crippen molar-refractivity contribution in [3.63, 3.8) is 0 Å². The Morgan fingerprint density at radius 2 is 2.06 bits per heavy atom. The average Bonchev–Trinajstić information content (AvgIpc) is 2.77. The number of hydrogen-bond acceptors (Lipinski definition) is 5. The quantitative estimate of drug-likeness (QED) is 0.650. The van der Waals surface area contributed by atoms with Gasteiger partial charge in [-0.05, 0) is 0 Å². The van der Waals surface area contributed by atoms with E-state index in [1.807, 2.05) is 13.8 Å². The summed E-state index contributed by atoms with van der Waals surface area (Å²) >= 11 is 0. The first-order valence-corrected chi connectivity index (χ1v) is 6.38. The molecule has 1 heterocycles. The van der Waals surface area contributed by atoms with E-state index < -0.39 is 6.10 Å². The first kappa shape index (κ1) is 15.1. The normalized spacial score (nSPS) is 12.9. The van der Waals surface area contributed by atoms with Crippen LogP contribution in [0.5, 0.6) is 0 Å². The Balaban J connectivity index is 2.42. The molecule has 0 aliphatic heterocycles. The molecule has 0 amide bonds. The molecule has 1 rings (SSSR count). The van der Waals surface area contributed by atoms with Gasteiger partial charge in [-0.3, -0.25) is 0 Å². The van der Waals surface area contributed by atoms with Crippen molar-refractivity contribution < 1.29 is 14.6 Å². The van der Waals surface area contributed by atoms with E-state index in [-0.39, 0.29) is 6.61 Å². The van der Waals surface area contributed by atoms with E-state index in [0.717, 1.165) is 24.5 Å². The third kappa shape index (κ3) is 4.72. The molecule has 0 saturated heterocycles. The Kier molecular flexibility index (Phi) is 6.85. The molecule has 0 fully saturated rings. The Labute approximate surface area is 108 Å². The maximum atomic E-state index is 9.85. The summed E-state index contributed by atoms with van der Waals surface area (Å²) in [6.45, 7) is 5.78. The zero-order chi connectivity index (χ0) is 13.4. The molecule has 0 aromatic carbocycles. The van der Waals surface area contributed by atoms with Gasteiger partial charge in [-0.2, -0.15) is 5.10 Å². The molecule has 104 valence electrons. The molecule has 1 unspecified atom stereocenters. The molecule has 1 aromatic rings. The van der Waals surface area contributed by atoms with E-state index in [1.54, 1.807) is 11.8 Å². The Hall–Kier alpha value is -0.980. The predicted octanol–water partition coefficient (Wildman–Crippen LogP) is 0.427. The highest BCUT2D eigenvalue weighted by Gasteiger charge is 2.11. The van der Waals surface area contributed by atoms with Gasteiger partial charge in [0, 0.05) is 20.0 Å². The standard InChI is InChI=1S/C12H23N3O3/c1-4-11-13-12(5-2)15(14-11)8-10(16)9-18-7-6-17-3/h10,16H,4-9H2,1-3H3.